The fourth-order valence-corrected chi connectivity index (χ4v) is 4.77. The Hall–Kier alpha value is -3.80. The molecule has 0 saturated carbocycles. The lowest BCUT2D eigenvalue weighted by atomic mass is 10.1. The number of hydrogen-bond donors (Lipinski definition) is 0. The summed E-state index contributed by atoms with van der Waals surface area (Å²) in [7, 11) is 0. The van der Waals surface area contributed by atoms with Crippen LogP contribution in [0.3, 0.4) is 0 Å². The van der Waals surface area contributed by atoms with Crippen LogP contribution in [-0.2, 0) is 0 Å². The summed E-state index contributed by atoms with van der Waals surface area (Å²) in [6, 6.07) is 18.5. The molecule has 0 atom stereocenters. The van der Waals surface area contributed by atoms with Crippen LogP contribution in [0.2, 0.25) is 0 Å². The predicted octanol–water partition coefficient (Wildman–Crippen LogP) is 9.91. The first-order chi connectivity index (χ1) is 21.0. The highest BCUT2D eigenvalue weighted by molar-refractivity contribution is 5.93. The molecule has 3 rings (SSSR count). The molecule has 6 nitrogen and oxygen atoms in total. The van der Waals surface area contributed by atoms with Crippen molar-refractivity contribution in [3.63, 3.8) is 0 Å². The van der Waals surface area contributed by atoms with Crippen molar-refractivity contribution in [1.82, 2.24) is 0 Å². The minimum atomic E-state index is -0.502. The molecule has 0 radical (unpaired) electrons. The maximum Gasteiger partial charge on any atom is 0.343 e. The van der Waals surface area contributed by atoms with Crippen LogP contribution in [-0.4, -0.2) is 25.2 Å². The number of carbonyl (C=O) groups is 2. The Bertz CT molecular complexity index is 1230. The van der Waals surface area contributed by atoms with Gasteiger partial charge in [0.25, 0.3) is 0 Å². The third kappa shape index (κ3) is 12.5. The molecule has 43 heavy (non-hydrogen) atoms. The fourth-order valence-electron chi connectivity index (χ4n) is 4.77. The van der Waals surface area contributed by atoms with Crippen LogP contribution in [0.1, 0.15) is 117 Å². The summed E-state index contributed by atoms with van der Waals surface area (Å²) in [6.07, 6.45) is 15.8. The van der Waals surface area contributed by atoms with Crippen LogP contribution < -0.4 is 18.9 Å². The van der Waals surface area contributed by atoms with E-state index in [1.54, 1.807) is 48.5 Å². The molecule has 0 N–H and O–H groups in total. The second-order valence-corrected chi connectivity index (χ2v) is 10.9. The van der Waals surface area contributed by atoms with Gasteiger partial charge >= 0.3 is 11.9 Å². The molecule has 0 unspecified atom stereocenters. The first kappa shape index (κ1) is 33.7. The largest absolute Gasteiger partial charge is 0.494 e. The van der Waals surface area contributed by atoms with Crippen molar-refractivity contribution in [2.75, 3.05) is 13.2 Å². The average molecular weight is 589 g/mol. The highest BCUT2D eigenvalue weighted by Gasteiger charge is 2.13. The predicted molar refractivity (Wildman–Crippen MR) is 172 cm³/mol. The molecular weight excluding hydrogens is 540 g/mol. The van der Waals surface area contributed by atoms with E-state index in [4.69, 9.17) is 18.9 Å². The second-order valence-electron chi connectivity index (χ2n) is 10.9. The third-order valence-electron chi connectivity index (χ3n) is 7.33. The van der Waals surface area contributed by atoms with Crippen LogP contribution >= 0.6 is 0 Å². The number of carbonyl (C=O) groups excluding carboxylic acids is 2. The molecule has 0 aliphatic carbocycles. The molecule has 6 heteroatoms. The quantitative estimate of drug-likeness (QED) is 0.0743. The van der Waals surface area contributed by atoms with Crippen molar-refractivity contribution in [2.24, 2.45) is 0 Å². The standard InChI is InChI=1S/C37H48O6/c1-4-6-7-8-9-10-11-12-13-14-15-16-27-41-32-23-25-34(26-24-32)42-36(38)30-19-21-33(22-20-30)43-37(39)31-18-17-29(3)35(28-31)40-5-2/h17-26,28H,4-16,27H2,1-3H3. The van der Waals surface area contributed by atoms with Crippen molar-refractivity contribution in [3.05, 3.63) is 83.4 Å². The van der Waals surface area contributed by atoms with Crippen LogP contribution in [0.4, 0.5) is 0 Å². The van der Waals surface area contributed by atoms with E-state index in [0.717, 1.165) is 17.7 Å². The van der Waals surface area contributed by atoms with E-state index in [-0.39, 0.29) is 0 Å². The van der Waals surface area contributed by atoms with Crippen LogP contribution in [0, 0.1) is 6.92 Å². The molecule has 0 spiro atoms. The minimum absolute atomic E-state index is 0.328. The maximum atomic E-state index is 12.6. The van der Waals surface area contributed by atoms with Crippen molar-refractivity contribution in [2.45, 2.75) is 97.8 Å². The van der Waals surface area contributed by atoms with Gasteiger partial charge in [-0.3, -0.25) is 0 Å². The molecule has 0 aliphatic rings. The molecule has 232 valence electrons. The van der Waals surface area contributed by atoms with E-state index in [1.165, 1.54) is 70.6 Å². The van der Waals surface area contributed by atoms with Crippen LogP contribution in [0.5, 0.6) is 23.0 Å². The number of esters is 2. The average Bonchev–Trinajstić information content (AvgIpc) is 3.01. The van der Waals surface area contributed by atoms with Crippen molar-refractivity contribution >= 4 is 11.9 Å². The van der Waals surface area contributed by atoms with Gasteiger partial charge in [-0.05, 0) is 86.5 Å². The van der Waals surface area contributed by atoms with E-state index in [0.29, 0.717) is 41.6 Å². The Kier molecular flexibility index (Phi) is 15.2. The number of rotatable bonds is 20. The van der Waals surface area contributed by atoms with Gasteiger partial charge in [0.1, 0.15) is 23.0 Å². The van der Waals surface area contributed by atoms with Gasteiger partial charge in [-0.25, -0.2) is 9.59 Å². The number of benzene rings is 3. The monoisotopic (exact) mass is 588 g/mol. The molecule has 0 bridgehead atoms. The van der Waals surface area contributed by atoms with Gasteiger partial charge in [0.05, 0.1) is 24.3 Å². The van der Waals surface area contributed by atoms with E-state index >= 15 is 0 Å². The summed E-state index contributed by atoms with van der Waals surface area (Å²) in [6.45, 7) is 7.27. The molecule has 0 fully saturated rings. The summed E-state index contributed by atoms with van der Waals surface area (Å²) in [5, 5.41) is 0. The highest BCUT2D eigenvalue weighted by Crippen LogP contribution is 2.23. The first-order valence-electron chi connectivity index (χ1n) is 16.0. The Labute approximate surface area is 257 Å². The second kappa shape index (κ2) is 19.4. The number of unbranched alkanes of at least 4 members (excludes halogenated alkanes) is 11. The number of hydrogen-bond acceptors (Lipinski definition) is 6. The van der Waals surface area contributed by atoms with Gasteiger partial charge in [-0.1, -0.05) is 83.6 Å². The zero-order valence-corrected chi connectivity index (χ0v) is 26.2. The SMILES string of the molecule is CCCCCCCCCCCCCCOc1ccc(OC(=O)c2ccc(OC(=O)c3ccc(C)c(OCC)c3)cc2)cc1. The van der Waals surface area contributed by atoms with E-state index in [1.807, 2.05) is 32.0 Å². The summed E-state index contributed by atoms with van der Waals surface area (Å²) >= 11 is 0. The number of ether oxygens (including phenoxy) is 4. The van der Waals surface area contributed by atoms with Crippen molar-refractivity contribution in [1.29, 1.82) is 0 Å². The molecule has 0 aliphatic heterocycles. The van der Waals surface area contributed by atoms with Crippen LogP contribution in [0.15, 0.2) is 66.7 Å². The molecule has 0 aromatic heterocycles. The maximum absolute atomic E-state index is 12.6. The van der Waals surface area contributed by atoms with E-state index < -0.39 is 11.9 Å². The normalized spacial score (nSPS) is 10.8. The smallest absolute Gasteiger partial charge is 0.343 e. The van der Waals surface area contributed by atoms with Gasteiger partial charge < -0.3 is 18.9 Å². The molecule has 0 amide bonds. The molecule has 0 heterocycles. The fraction of sp³-hybridized carbons (Fsp3) is 0.459. The lowest BCUT2D eigenvalue weighted by molar-refractivity contribution is 0.0730. The molecular formula is C37H48O6. The van der Waals surface area contributed by atoms with Gasteiger partial charge in [-0.2, -0.15) is 0 Å². The number of aryl methyl sites for hydroxylation is 1. The Morgan fingerprint density at radius 2 is 1.00 bits per heavy atom. The third-order valence-corrected chi connectivity index (χ3v) is 7.33. The zero-order chi connectivity index (χ0) is 30.7. The first-order valence-corrected chi connectivity index (χ1v) is 16.0. The van der Waals surface area contributed by atoms with Gasteiger partial charge in [0, 0.05) is 0 Å². The van der Waals surface area contributed by atoms with Crippen molar-refractivity contribution < 1.29 is 28.5 Å². The summed E-state index contributed by atoms with van der Waals surface area (Å²) in [4.78, 5) is 25.2. The molecule has 3 aromatic carbocycles. The topological polar surface area (TPSA) is 71.1 Å². The summed E-state index contributed by atoms with van der Waals surface area (Å²) in [5.74, 6) is 1.17. The van der Waals surface area contributed by atoms with Crippen molar-refractivity contribution in [3.8, 4) is 23.0 Å². The molecule has 3 aromatic rings. The zero-order valence-electron chi connectivity index (χ0n) is 26.2. The Morgan fingerprint density at radius 3 is 1.56 bits per heavy atom. The van der Waals surface area contributed by atoms with Gasteiger partial charge in [-0.15, -0.1) is 0 Å². The Morgan fingerprint density at radius 1 is 0.535 bits per heavy atom. The molecule has 0 saturated heterocycles. The summed E-state index contributed by atoms with van der Waals surface area (Å²) in [5.41, 5.74) is 1.68. The summed E-state index contributed by atoms with van der Waals surface area (Å²) < 4.78 is 22.4. The lowest BCUT2D eigenvalue weighted by Crippen LogP contribution is -2.10. The Balaban J connectivity index is 1.32. The van der Waals surface area contributed by atoms with Gasteiger partial charge in [0.15, 0.2) is 0 Å². The van der Waals surface area contributed by atoms with Crippen LogP contribution in [0.25, 0.3) is 0 Å². The highest BCUT2D eigenvalue weighted by atomic mass is 16.5. The minimum Gasteiger partial charge on any atom is -0.494 e. The van der Waals surface area contributed by atoms with E-state index in [9.17, 15) is 9.59 Å². The van der Waals surface area contributed by atoms with E-state index in [2.05, 4.69) is 6.92 Å². The van der Waals surface area contributed by atoms with Gasteiger partial charge in [0.2, 0.25) is 0 Å². The lowest BCUT2D eigenvalue weighted by Gasteiger charge is -2.10.